The van der Waals surface area contributed by atoms with Crippen molar-refractivity contribution in [2.75, 3.05) is 12.1 Å². The minimum Gasteiger partial charge on any atom is -0.317 e. The Balaban J connectivity index is 0.000000190. The molecule has 0 unspecified atom stereocenters. The van der Waals surface area contributed by atoms with Crippen molar-refractivity contribution >= 4 is 23.8 Å². The van der Waals surface area contributed by atoms with Crippen LogP contribution in [-0.2, 0) is 0 Å². The van der Waals surface area contributed by atoms with Crippen LogP contribution in [0.2, 0.25) is 0 Å². The van der Waals surface area contributed by atoms with Crippen LogP contribution in [-0.4, -0.2) is 25.5 Å². The lowest BCUT2D eigenvalue weighted by atomic mass is 9.71. The third kappa shape index (κ3) is 5.80. The molecule has 1 aliphatic heterocycles. The topological polar surface area (TPSA) is 39.8 Å². The van der Waals surface area contributed by atoms with Gasteiger partial charge in [0.15, 0.2) is 0 Å². The average molecular weight is 355 g/mol. The first kappa shape index (κ1) is 20.4. The molecule has 4 nitrogen and oxygen atoms in total. The predicted molar refractivity (Wildman–Crippen MR) is 115 cm³/mol. The highest BCUT2D eigenvalue weighted by Gasteiger charge is 2.29. The first-order chi connectivity index (χ1) is 12.4. The van der Waals surface area contributed by atoms with Crippen LogP contribution in [0.4, 0.5) is 11.4 Å². The number of rotatable bonds is 4. The van der Waals surface area contributed by atoms with E-state index in [4.69, 9.17) is 0 Å². The Bertz CT molecular complexity index is 623. The van der Waals surface area contributed by atoms with Crippen molar-refractivity contribution < 1.29 is 0 Å². The van der Waals surface area contributed by atoms with Gasteiger partial charge in [0, 0.05) is 12.2 Å². The molecule has 26 heavy (non-hydrogen) atoms. The first-order valence-electron chi connectivity index (χ1n) is 9.60. The highest BCUT2D eigenvalue weighted by Crippen LogP contribution is 2.47. The van der Waals surface area contributed by atoms with Crippen molar-refractivity contribution in [3.05, 3.63) is 36.5 Å². The lowest BCUT2D eigenvalue weighted by molar-refractivity contribution is 0.162. The Morgan fingerprint density at radius 3 is 2.19 bits per heavy atom. The number of hydrazone groups is 1. The number of hydrogen-bond acceptors (Lipinski definition) is 4. The zero-order valence-corrected chi connectivity index (χ0v) is 17.0. The molecule has 0 spiro atoms. The highest BCUT2D eigenvalue weighted by molar-refractivity contribution is 5.99. The van der Waals surface area contributed by atoms with E-state index in [0.29, 0.717) is 5.41 Å². The second kappa shape index (κ2) is 9.13. The van der Waals surface area contributed by atoms with Crippen molar-refractivity contribution in [1.82, 2.24) is 5.32 Å². The Labute approximate surface area is 159 Å². The molecule has 0 aromatic heterocycles. The Kier molecular flexibility index (Phi) is 7.15. The predicted octanol–water partition coefficient (Wildman–Crippen LogP) is 5.54. The molecular weight excluding hydrogens is 320 g/mol. The lowest BCUT2D eigenvalue weighted by Crippen LogP contribution is -2.34. The molecule has 142 valence electrons. The summed E-state index contributed by atoms with van der Waals surface area (Å²) in [5.74, 6) is 0.946. The van der Waals surface area contributed by atoms with Gasteiger partial charge in [0.2, 0.25) is 0 Å². The van der Waals surface area contributed by atoms with Gasteiger partial charge in [-0.05, 0) is 75.9 Å². The second-order valence-corrected chi connectivity index (χ2v) is 8.24. The van der Waals surface area contributed by atoms with E-state index in [1.54, 1.807) is 6.20 Å². The molecule has 2 aliphatic rings. The normalized spacial score (nSPS) is 22.5. The van der Waals surface area contributed by atoms with Gasteiger partial charge in [0.05, 0.1) is 17.1 Å². The maximum Gasteiger partial charge on any atom is 0.0911 e. The largest absolute Gasteiger partial charge is 0.317 e. The number of nitrogens with zero attached hydrogens (tertiary/aromatic N) is 3. The molecule has 1 heterocycles. The van der Waals surface area contributed by atoms with Crippen LogP contribution >= 0.6 is 0 Å². The van der Waals surface area contributed by atoms with Gasteiger partial charge in [-0.25, -0.2) is 5.01 Å². The van der Waals surface area contributed by atoms with Gasteiger partial charge in [-0.1, -0.05) is 32.9 Å². The molecule has 0 atom stereocenters. The first-order valence-corrected chi connectivity index (χ1v) is 9.60. The smallest absolute Gasteiger partial charge is 0.0911 e. The van der Waals surface area contributed by atoms with Gasteiger partial charge < -0.3 is 5.32 Å². The number of nitrogens with one attached hydrogen (secondary N) is 1. The SMILES string of the molecule is C=N/C=C/C(C)=N\N1c2ccccc21.CNC1CCC(C(C)(C)C)CC1. The summed E-state index contributed by atoms with van der Waals surface area (Å²) in [5.41, 5.74) is 3.78. The standard InChI is InChI=1S/C11H11N3.C11H23N/c1-9(7-8-12-2)13-14-10-5-3-4-6-11(10)14;1-11(2,3)9-5-7-10(12-4)8-6-9/h3-8H,2H2,1H3;9-10,12H,5-8H2,1-4H3/b8-7+,13-9-;. The summed E-state index contributed by atoms with van der Waals surface area (Å²) in [6.07, 6.45) is 9.03. The van der Waals surface area contributed by atoms with E-state index in [2.05, 4.69) is 49.9 Å². The van der Waals surface area contributed by atoms with Gasteiger partial charge in [-0.2, -0.15) is 5.10 Å². The lowest BCUT2D eigenvalue weighted by Gasteiger charge is -2.36. The number of aliphatic imine (C=N–C) groups is 1. The summed E-state index contributed by atoms with van der Waals surface area (Å²) >= 11 is 0. The van der Waals surface area contributed by atoms with Gasteiger partial charge in [-0.15, -0.1) is 0 Å². The number of allylic oxidation sites excluding steroid dienone is 1. The van der Waals surface area contributed by atoms with Gasteiger partial charge in [-0.3, -0.25) is 4.99 Å². The fourth-order valence-electron chi connectivity index (χ4n) is 3.49. The van der Waals surface area contributed by atoms with Gasteiger partial charge in [0.25, 0.3) is 0 Å². The molecule has 4 heteroatoms. The number of para-hydroxylation sites is 2. The molecule has 1 aromatic rings. The van der Waals surface area contributed by atoms with Crippen molar-refractivity contribution in [3.8, 4) is 0 Å². The quantitative estimate of drug-likeness (QED) is 0.569. The Morgan fingerprint density at radius 1 is 1.15 bits per heavy atom. The molecule has 1 N–H and O–H groups in total. The van der Waals surface area contributed by atoms with Crippen LogP contribution in [0, 0.1) is 11.3 Å². The zero-order chi connectivity index (χ0) is 19.2. The van der Waals surface area contributed by atoms with E-state index >= 15 is 0 Å². The van der Waals surface area contributed by atoms with Crippen molar-refractivity contribution in [2.45, 2.75) is 59.4 Å². The maximum absolute atomic E-state index is 4.37. The van der Waals surface area contributed by atoms with Gasteiger partial charge >= 0.3 is 0 Å². The molecule has 1 aliphatic carbocycles. The second-order valence-electron chi connectivity index (χ2n) is 8.24. The van der Waals surface area contributed by atoms with E-state index in [1.165, 1.54) is 37.1 Å². The third-order valence-corrected chi connectivity index (χ3v) is 5.33. The van der Waals surface area contributed by atoms with Crippen LogP contribution in [0.1, 0.15) is 53.4 Å². The molecule has 1 saturated carbocycles. The summed E-state index contributed by atoms with van der Waals surface area (Å²) < 4.78 is 0. The molecular formula is C22H34N4. The molecule has 0 amide bonds. The van der Waals surface area contributed by atoms with Gasteiger partial charge in [0.1, 0.15) is 0 Å². The Hall–Kier alpha value is -1.94. The summed E-state index contributed by atoms with van der Waals surface area (Å²) in [4.78, 5) is 3.62. The number of fused-ring (bicyclic) bond motifs is 1. The number of anilines is 2. The zero-order valence-electron chi connectivity index (χ0n) is 17.0. The van der Waals surface area contributed by atoms with E-state index in [9.17, 15) is 0 Å². The summed E-state index contributed by atoms with van der Waals surface area (Å²) in [5, 5.41) is 9.65. The highest BCUT2D eigenvalue weighted by atomic mass is 15.5. The maximum atomic E-state index is 4.37. The average Bonchev–Trinajstić information content (AvgIpc) is 3.32. The molecule has 0 radical (unpaired) electrons. The van der Waals surface area contributed by atoms with Crippen molar-refractivity contribution in [2.24, 2.45) is 21.4 Å². The monoisotopic (exact) mass is 354 g/mol. The molecule has 0 bridgehead atoms. The van der Waals surface area contributed by atoms with E-state index in [1.807, 2.05) is 42.3 Å². The Morgan fingerprint density at radius 2 is 1.73 bits per heavy atom. The molecule has 1 fully saturated rings. The van der Waals surface area contributed by atoms with Crippen LogP contribution in [0.15, 0.2) is 46.6 Å². The minimum atomic E-state index is 0.526. The van der Waals surface area contributed by atoms with E-state index < -0.39 is 0 Å². The van der Waals surface area contributed by atoms with E-state index in [0.717, 1.165) is 17.7 Å². The van der Waals surface area contributed by atoms with E-state index in [-0.39, 0.29) is 0 Å². The van der Waals surface area contributed by atoms with Crippen LogP contribution < -0.4 is 10.3 Å². The van der Waals surface area contributed by atoms with Crippen LogP contribution in [0.3, 0.4) is 0 Å². The fraction of sp³-hybridized carbons (Fsp3) is 0.545. The molecule has 1 aromatic carbocycles. The molecule has 0 saturated heterocycles. The number of benzene rings is 1. The third-order valence-electron chi connectivity index (χ3n) is 5.33. The molecule has 3 rings (SSSR count). The summed E-state index contributed by atoms with van der Waals surface area (Å²) in [6, 6.07) is 8.89. The van der Waals surface area contributed by atoms with Crippen LogP contribution in [0.25, 0.3) is 0 Å². The summed E-state index contributed by atoms with van der Waals surface area (Å²) in [7, 11) is 2.09. The van der Waals surface area contributed by atoms with Crippen molar-refractivity contribution in [1.29, 1.82) is 0 Å². The summed E-state index contributed by atoms with van der Waals surface area (Å²) in [6.45, 7) is 12.4. The number of hydrogen-bond donors (Lipinski definition) is 1. The van der Waals surface area contributed by atoms with Crippen molar-refractivity contribution in [3.63, 3.8) is 0 Å². The van der Waals surface area contributed by atoms with Crippen LogP contribution in [0.5, 0.6) is 0 Å². The fourth-order valence-corrected chi connectivity index (χ4v) is 3.49. The minimum absolute atomic E-state index is 0.526.